The molecule has 8 heteroatoms. The van der Waals surface area contributed by atoms with Gasteiger partial charge in [-0.25, -0.2) is 0 Å². The van der Waals surface area contributed by atoms with E-state index in [9.17, 15) is 13.2 Å². The number of aromatic nitrogens is 2. The Morgan fingerprint density at radius 3 is 2.67 bits per heavy atom. The van der Waals surface area contributed by atoms with Crippen LogP contribution in [0, 0.1) is 0 Å². The van der Waals surface area contributed by atoms with Crippen molar-refractivity contribution in [1.29, 1.82) is 0 Å². The molecule has 1 aromatic heterocycles. The highest BCUT2D eigenvalue weighted by Crippen LogP contribution is 2.18. The molecule has 0 spiro atoms. The third-order valence-corrected chi connectivity index (χ3v) is 2.53. The van der Waals surface area contributed by atoms with Gasteiger partial charge in [-0.2, -0.15) is 13.4 Å². The summed E-state index contributed by atoms with van der Waals surface area (Å²) in [5.41, 5.74) is -0.475. The molecule has 0 aliphatic carbocycles. The van der Waals surface area contributed by atoms with E-state index in [0.717, 1.165) is 12.3 Å². The zero-order valence-corrected chi connectivity index (χ0v) is 12.2. The van der Waals surface area contributed by atoms with Crippen molar-refractivity contribution in [2.75, 3.05) is 6.26 Å². The van der Waals surface area contributed by atoms with Crippen LogP contribution in [0.5, 0.6) is 5.88 Å². The lowest BCUT2D eigenvalue weighted by molar-refractivity contribution is 0.480. The first-order valence-electron chi connectivity index (χ1n) is 4.75. The second-order valence-corrected chi connectivity index (χ2v) is 5.83. The summed E-state index contributed by atoms with van der Waals surface area (Å²) in [4.78, 5) is 15.7. The molecule has 0 N–H and O–H groups in total. The molecule has 0 aromatic carbocycles. The van der Waals surface area contributed by atoms with Gasteiger partial charge < -0.3 is 4.18 Å². The van der Waals surface area contributed by atoms with Gasteiger partial charge in [0.1, 0.15) is 0 Å². The molecule has 0 bridgehead atoms. The average Bonchev–Trinajstić information content (AvgIpc) is 2.19. The van der Waals surface area contributed by atoms with Crippen LogP contribution in [0.2, 0.25) is 0 Å². The largest absolute Gasteiger partial charge is 0.362 e. The Kier molecular flexibility index (Phi) is 4.47. The quantitative estimate of drug-likeness (QED) is 0.778. The summed E-state index contributed by atoms with van der Waals surface area (Å²) in [6, 6.07) is 0.987. The standard InChI is InChI=1S/C10H11BrN2O4S/c1-4-5-13-9(14)6-8(17-18(3,15)16)12-10(13)7(2)11/h4-6H,2H2,1,3H3/b5-4+. The van der Waals surface area contributed by atoms with Crippen molar-refractivity contribution in [1.82, 2.24) is 9.55 Å². The van der Waals surface area contributed by atoms with E-state index >= 15 is 0 Å². The van der Waals surface area contributed by atoms with Gasteiger partial charge in [0.05, 0.1) is 16.8 Å². The third kappa shape index (κ3) is 3.81. The number of hydrogen-bond acceptors (Lipinski definition) is 5. The summed E-state index contributed by atoms with van der Waals surface area (Å²) in [6.07, 6.45) is 4.00. The highest BCUT2D eigenvalue weighted by molar-refractivity contribution is 9.15. The van der Waals surface area contributed by atoms with Gasteiger partial charge in [0.25, 0.3) is 5.56 Å². The molecule has 0 atom stereocenters. The lowest BCUT2D eigenvalue weighted by Gasteiger charge is -2.08. The van der Waals surface area contributed by atoms with Gasteiger partial charge in [0.15, 0.2) is 5.82 Å². The molecule has 0 saturated heterocycles. The van der Waals surface area contributed by atoms with Crippen molar-refractivity contribution in [3.63, 3.8) is 0 Å². The smallest absolute Gasteiger partial charge is 0.307 e. The fraction of sp³-hybridized carbons (Fsp3) is 0.200. The average molecular weight is 335 g/mol. The van der Waals surface area contributed by atoms with E-state index in [4.69, 9.17) is 0 Å². The first-order chi connectivity index (χ1) is 8.24. The number of nitrogens with zero attached hydrogens (tertiary/aromatic N) is 2. The molecule has 1 heterocycles. The van der Waals surface area contributed by atoms with Gasteiger partial charge >= 0.3 is 10.1 Å². The number of hydrogen-bond donors (Lipinski definition) is 0. The lowest BCUT2D eigenvalue weighted by atomic mass is 10.5. The fourth-order valence-electron chi connectivity index (χ4n) is 1.15. The Morgan fingerprint density at radius 1 is 1.61 bits per heavy atom. The van der Waals surface area contributed by atoms with Crippen molar-refractivity contribution in [2.24, 2.45) is 0 Å². The van der Waals surface area contributed by atoms with E-state index in [1.165, 1.54) is 10.8 Å². The van der Waals surface area contributed by atoms with Gasteiger partial charge in [-0.05, 0) is 22.9 Å². The number of allylic oxidation sites excluding steroid dienone is 1. The summed E-state index contributed by atoms with van der Waals surface area (Å²) in [5, 5.41) is 0. The van der Waals surface area contributed by atoms with Gasteiger partial charge in [-0.15, -0.1) is 0 Å². The van der Waals surface area contributed by atoms with Crippen LogP contribution in [-0.2, 0) is 10.1 Å². The van der Waals surface area contributed by atoms with Gasteiger partial charge in [-0.1, -0.05) is 12.7 Å². The highest BCUT2D eigenvalue weighted by Gasteiger charge is 2.12. The van der Waals surface area contributed by atoms with E-state index in [1.807, 2.05) is 0 Å². The van der Waals surface area contributed by atoms with Crippen molar-refractivity contribution in [2.45, 2.75) is 6.92 Å². The number of rotatable bonds is 4. The first kappa shape index (κ1) is 14.7. The van der Waals surface area contributed by atoms with Gasteiger partial charge in [0.2, 0.25) is 5.88 Å². The SMILES string of the molecule is C=C(Br)c1nc(OS(C)(=O)=O)cc(=O)n1/C=C/C. The van der Waals surface area contributed by atoms with Crippen LogP contribution in [0.3, 0.4) is 0 Å². The zero-order chi connectivity index (χ0) is 13.9. The maximum Gasteiger partial charge on any atom is 0.307 e. The monoisotopic (exact) mass is 334 g/mol. The van der Waals surface area contributed by atoms with Crippen LogP contribution < -0.4 is 9.74 Å². The van der Waals surface area contributed by atoms with Crippen LogP contribution in [-0.4, -0.2) is 24.2 Å². The molecule has 1 aromatic rings. The van der Waals surface area contributed by atoms with Crippen molar-refractivity contribution in [3.8, 4) is 5.88 Å². The van der Waals surface area contributed by atoms with Crippen molar-refractivity contribution >= 4 is 36.7 Å². The molecule has 6 nitrogen and oxygen atoms in total. The van der Waals surface area contributed by atoms with Crippen LogP contribution >= 0.6 is 15.9 Å². The summed E-state index contributed by atoms with van der Waals surface area (Å²) < 4.78 is 28.1. The molecular weight excluding hydrogens is 324 g/mol. The maximum absolute atomic E-state index is 11.8. The van der Waals surface area contributed by atoms with Crippen molar-refractivity contribution < 1.29 is 12.6 Å². The Labute approximate surface area is 113 Å². The molecule has 0 aliphatic rings. The van der Waals surface area contributed by atoms with Gasteiger partial charge in [0, 0.05) is 6.20 Å². The van der Waals surface area contributed by atoms with E-state index < -0.39 is 15.7 Å². The van der Waals surface area contributed by atoms with E-state index in [1.54, 1.807) is 13.0 Å². The van der Waals surface area contributed by atoms with E-state index in [2.05, 4.69) is 31.7 Å². The Morgan fingerprint density at radius 2 is 2.22 bits per heavy atom. The molecule has 1 rings (SSSR count). The second kappa shape index (κ2) is 5.49. The minimum atomic E-state index is -3.74. The topological polar surface area (TPSA) is 78.3 Å². The Balaban J connectivity index is 3.46. The molecule has 18 heavy (non-hydrogen) atoms. The predicted octanol–water partition coefficient (Wildman–Crippen LogP) is 1.44. The molecule has 98 valence electrons. The van der Waals surface area contributed by atoms with Gasteiger partial charge in [-0.3, -0.25) is 9.36 Å². The molecule has 0 aliphatic heterocycles. The Bertz CT molecular complexity index is 661. The van der Waals surface area contributed by atoms with E-state index in [0.29, 0.717) is 4.48 Å². The van der Waals surface area contributed by atoms with Crippen molar-refractivity contribution in [3.05, 3.63) is 34.9 Å². The summed E-state index contributed by atoms with van der Waals surface area (Å²) in [7, 11) is -3.74. The molecule has 0 fully saturated rings. The number of halogens is 1. The second-order valence-electron chi connectivity index (χ2n) is 3.30. The minimum Gasteiger partial charge on any atom is -0.362 e. The summed E-state index contributed by atoms with van der Waals surface area (Å²) >= 11 is 3.10. The fourth-order valence-corrected chi connectivity index (χ4v) is 1.83. The zero-order valence-electron chi connectivity index (χ0n) is 9.75. The maximum atomic E-state index is 11.8. The van der Waals surface area contributed by atoms with Crippen LogP contribution in [0.15, 0.2) is 23.5 Å². The Hall–Kier alpha value is -1.41. The normalized spacial score (nSPS) is 11.7. The summed E-state index contributed by atoms with van der Waals surface area (Å²) in [6.45, 7) is 5.33. The van der Waals surface area contributed by atoms with Crippen LogP contribution in [0.1, 0.15) is 12.7 Å². The summed E-state index contributed by atoms with van der Waals surface area (Å²) in [5.74, 6) is -0.127. The molecule has 0 saturated carbocycles. The lowest BCUT2D eigenvalue weighted by Crippen LogP contribution is -2.21. The molecule has 0 unspecified atom stereocenters. The third-order valence-electron chi connectivity index (χ3n) is 1.71. The molecular formula is C10H11BrN2O4S. The minimum absolute atomic E-state index is 0.166. The first-order valence-corrected chi connectivity index (χ1v) is 7.36. The molecule has 0 radical (unpaired) electrons. The highest BCUT2D eigenvalue weighted by atomic mass is 79.9. The van der Waals surface area contributed by atoms with E-state index in [-0.39, 0.29) is 11.7 Å². The van der Waals surface area contributed by atoms with Crippen LogP contribution in [0.4, 0.5) is 0 Å². The predicted molar refractivity (Wildman–Crippen MR) is 72.9 cm³/mol. The molecule has 0 amide bonds. The van der Waals surface area contributed by atoms with Crippen LogP contribution in [0.25, 0.3) is 10.7 Å².